The van der Waals surface area contributed by atoms with Crippen LogP contribution in [-0.2, 0) is 6.42 Å². The molecule has 5 rings (SSSR count). The maximum atomic E-state index is 12.8. The number of imidazole rings is 1. The number of fused-ring (bicyclic) bond motifs is 3. The molecule has 0 bridgehead atoms. The van der Waals surface area contributed by atoms with Crippen LogP contribution in [0.15, 0.2) is 66.9 Å². The Balaban J connectivity index is 1.29. The molecule has 0 unspecified atom stereocenters. The van der Waals surface area contributed by atoms with E-state index < -0.39 is 0 Å². The van der Waals surface area contributed by atoms with E-state index in [-0.39, 0.29) is 5.91 Å². The van der Waals surface area contributed by atoms with E-state index in [0.29, 0.717) is 18.5 Å². The number of hydrogen-bond acceptors (Lipinski definition) is 6. The summed E-state index contributed by atoms with van der Waals surface area (Å²) < 4.78 is 19.0. The van der Waals surface area contributed by atoms with Crippen LogP contribution in [0, 0.1) is 0 Å². The Bertz CT molecular complexity index is 1500. The topological polar surface area (TPSA) is 74.1 Å². The van der Waals surface area contributed by atoms with E-state index in [0.717, 1.165) is 49.2 Å². The lowest BCUT2D eigenvalue weighted by atomic mass is 10.1. The zero-order chi connectivity index (χ0) is 24.4. The van der Waals surface area contributed by atoms with Crippen molar-refractivity contribution in [3.8, 4) is 28.5 Å². The van der Waals surface area contributed by atoms with Crippen LogP contribution < -0.4 is 19.5 Å². The van der Waals surface area contributed by atoms with Crippen molar-refractivity contribution in [2.45, 2.75) is 6.42 Å². The van der Waals surface area contributed by atoms with Gasteiger partial charge in [0.2, 0.25) is 0 Å². The van der Waals surface area contributed by atoms with E-state index in [1.54, 1.807) is 32.7 Å². The Labute approximate surface area is 206 Å². The molecule has 1 amide bonds. The first-order valence-corrected chi connectivity index (χ1v) is 12.0. The molecule has 0 aliphatic rings. The normalized spacial score (nSPS) is 11.1. The van der Waals surface area contributed by atoms with E-state index in [2.05, 4.69) is 9.72 Å². The van der Waals surface area contributed by atoms with Crippen LogP contribution in [-0.4, -0.2) is 43.2 Å². The summed E-state index contributed by atoms with van der Waals surface area (Å²) in [7, 11) is 4.90. The number of nitrogens with one attached hydrogen (secondary N) is 1. The van der Waals surface area contributed by atoms with Crippen LogP contribution >= 0.6 is 11.3 Å². The van der Waals surface area contributed by atoms with Gasteiger partial charge in [0.05, 0.1) is 37.2 Å². The quantitative estimate of drug-likeness (QED) is 0.325. The second kappa shape index (κ2) is 9.68. The van der Waals surface area contributed by atoms with Gasteiger partial charge >= 0.3 is 0 Å². The number of carbonyl (C=O) groups excluding carboxylic acids is 1. The molecule has 0 radical (unpaired) electrons. The lowest BCUT2D eigenvalue weighted by Crippen LogP contribution is -2.25. The van der Waals surface area contributed by atoms with E-state index >= 15 is 0 Å². The highest BCUT2D eigenvalue weighted by Gasteiger charge is 2.13. The summed E-state index contributed by atoms with van der Waals surface area (Å²) in [5.74, 6) is 2.19. The third kappa shape index (κ3) is 4.52. The SMILES string of the molecule is COc1ccc(-c2cn3c(n2)sc2cc(C(=O)NCCc4ccc(OC)cc4OC)ccc23)cc1. The van der Waals surface area contributed by atoms with Gasteiger partial charge in [-0.05, 0) is 60.5 Å². The molecular weight excluding hydrogens is 462 g/mol. The molecule has 0 saturated carbocycles. The first-order chi connectivity index (χ1) is 17.1. The summed E-state index contributed by atoms with van der Waals surface area (Å²) >= 11 is 1.56. The van der Waals surface area contributed by atoms with E-state index in [9.17, 15) is 4.79 Å². The average molecular weight is 488 g/mol. The predicted octanol–water partition coefficient (Wildman–Crippen LogP) is 5.21. The van der Waals surface area contributed by atoms with E-state index in [4.69, 9.17) is 19.2 Å². The van der Waals surface area contributed by atoms with E-state index in [1.807, 2.05) is 66.9 Å². The molecule has 178 valence electrons. The summed E-state index contributed by atoms with van der Waals surface area (Å²) in [6.45, 7) is 0.499. The molecule has 0 fully saturated rings. The summed E-state index contributed by atoms with van der Waals surface area (Å²) in [5.41, 5.74) is 4.59. The highest BCUT2D eigenvalue weighted by molar-refractivity contribution is 7.23. The number of ether oxygens (including phenoxy) is 3. The van der Waals surface area contributed by atoms with E-state index in [1.165, 1.54) is 0 Å². The third-order valence-corrected chi connectivity index (χ3v) is 6.93. The third-order valence-electron chi connectivity index (χ3n) is 5.92. The first kappa shape index (κ1) is 22.7. The number of thiazole rings is 1. The molecule has 2 aromatic heterocycles. The minimum atomic E-state index is -0.107. The maximum absolute atomic E-state index is 12.8. The first-order valence-electron chi connectivity index (χ1n) is 11.1. The fourth-order valence-electron chi connectivity index (χ4n) is 4.01. The zero-order valence-electron chi connectivity index (χ0n) is 19.7. The molecule has 35 heavy (non-hydrogen) atoms. The minimum Gasteiger partial charge on any atom is -0.497 e. The van der Waals surface area contributed by atoms with Crippen molar-refractivity contribution in [1.29, 1.82) is 0 Å². The van der Waals surface area contributed by atoms with Gasteiger partial charge in [-0.15, -0.1) is 0 Å². The van der Waals surface area contributed by atoms with Crippen molar-refractivity contribution < 1.29 is 19.0 Å². The number of benzene rings is 3. The van der Waals surface area contributed by atoms with Crippen molar-refractivity contribution in [3.63, 3.8) is 0 Å². The lowest BCUT2D eigenvalue weighted by molar-refractivity contribution is 0.0954. The standard InChI is InChI=1S/C27H25N3O4S/c1-32-20-8-4-17(5-9-20)22-16-30-23-11-7-19(14-25(23)35-27(30)29-22)26(31)28-13-12-18-6-10-21(33-2)15-24(18)34-3/h4-11,14-16H,12-13H2,1-3H3,(H,28,31). The van der Waals surface area contributed by atoms with Crippen molar-refractivity contribution in [1.82, 2.24) is 14.7 Å². The molecule has 0 atom stereocenters. The molecule has 0 saturated heterocycles. The molecule has 5 aromatic rings. The van der Waals surface area contributed by atoms with Gasteiger partial charge in [0.25, 0.3) is 5.91 Å². The Morgan fingerprint density at radius 3 is 2.46 bits per heavy atom. The highest BCUT2D eigenvalue weighted by atomic mass is 32.1. The Morgan fingerprint density at radius 1 is 0.943 bits per heavy atom. The molecule has 7 nitrogen and oxygen atoms in total. The highest BCUT2D eigenvalue weighted by Crippen LogP contribution is 2.31. The largest absolute Gasteiger partial charge is 0.497 e. The molecule has 8 heteroatoms. The Hall–Kier alpha value is -4.04. The van der Waals surface area contributed by atoms with Gasteiger partial charge in [-0.3, -0.25) is 9.20 Å². The van der Waals surface area contributed by atoms with Crippen molar-refractivity contribution in [2.24, 2.45) is 0 Å². The second-order valence-electron chi connectivity index (χ2n) is 7.98. The Kier molecular flexibility index (Phi) is 6.29. The number of nitrogens with zero attached hydrogens (tertiary/aromatic N) is 2. The van der Waals surface area contributed by atoms with Gasteiger partial charge in [-0.25, -0.2) is 4.98 Å². The average Bonchev–Trinajstić information content (AvgIpc) is 3.46. The van der Waals surface area contributed by atoms with Gasteiger partial charge < -0.3 is 19.5 Å². The van der Waals surface area contributed by atoms with Crippen LogP contribution in [0.25, 0.3) is 26.4 Å². The molecular formula is C27H25N3O4S. The number of carbonyl (C=O) groups is 1. The van der Waals surface area contributed by atoms with Crippen LogP contribution in [0.4, 0.5) is 0 Å². The fourth-order valence-corrected chi connectivity index (χ4v) is 5.06. The van der Waals surface area contributed by atoms with Crippen molar-refractivity contribution in [3.05, 3.63) is 78.0 Å². The van der Waals surface area contributed by atoms with Crippen LogP contribution in [0.2, 0.25) is 0 Å². The summed E-state index contributed by atoms with van der Waals surface area (Å²) in [5, 5.41) is 3.01. The van der Waals surface area contributed by atoms with Crippen molar-refractivity contribution in [2.75, 3.05) is 27.9 Å². The van der Waals surface area contributed by atoms with Crippen LogP contribution in [0.5, 0.6) is 17.2 Å². The molecule has 0 spiro atoms. The number of aromatic nitrogens is 2. The fraction of sp³-hybridized carbons (Fsp3) is 0.185. The van der Waals surface area contributed by atoms with Gasteiger partial charge in [0.1, 0.15) is 17.2 Å². The van der Waals surface area contributed by atoms with Crippen LogP contribution in [0.1, 0.15) is 15.9 Å². The van der Waals surface area contributed by atoms with Gasteiger partial charge in [0, 0.05) is 29.9 Å². The van der Waals surface area contributed by atoms with Gasteiger partial charge in [-0.2, -0.15) is 0 Å². The van der Waals surface area contributed by atoms with Crippen LogP contribution in [0.3, 0.4) is 0 Å². The zero-order valence-corrected chi connectivity index (χ0v) is 20.5. The number of amides is 1. The van der Waals surface area contributed by atoms with Gasteiger partial charge in [0.15, 0.2) is 4.96 Å². The smallest absolute Gasteiger partial charge is 0.251 e. The summed E-state index contributed by atoms with van der Waals surface area (Å²) in [6, 6.07) is 19.3. The van der Waals surface area contributed by atoms with Crippen molar-refractivity contribution >= 4 is 32.4 Å². The monoisotopic (exact) mass is 487 g/mol. The molecule has 1 N–H and O–H groups in total. The molecule has 0 aliphatic carbocycles. The van der Waals surface area contributed by atoms with Gasteiger partial charge in [-0.1, -0.05) is 17.4 Å². The maximum Gasteiger partial charge on any atom is 0.251 e. The Morgan fingerprint density at radius 2 is 1.71 bits per heavy atom. The molecule has 2 heterocycles. The minimum absolute atomic E-state index is 0.107. The summed E-state index contributed by atoms with van der Waals surface area (Å²) in [4.78, 5) is 18.5. The second-order valence-corrected chi connectivity index (χ2v) is 8.98. The predicted molar refractivity (Wildman–Crippen MR) is 138 cm³/mol. The number of methoxy groups -OCH3 is 3. The number of hydrogen-bond donors (Lipinski definition) is 1. The lowest BCUT2D eigenvalue weighted by Gasteiger charge is -2.11. The number of rotatable bonds is 8. The molecule has 0 aliphatic heterocycles. The molecule has 3 aromatic carbocycles. The summed E-state index contributed by atoms with van der Waals surface area (Å²) in [6.07, 6.45) is 2.68.